The van der Waals surface area contributed by atoms with Crippen molar-refractivity contribution in [2.45, 2.75) is 0 Å². The molecule has 0 aliphatic rings. The van der Waals surface area contributed by atoms with Crippen molar-refractivity contribution >= 4 is 33.6 Å². The summed E-state index contributed by atoms with van der Waals surface area (Å²) in [6.45, 7) is 0. The fourth-order valence-electron chi connectivity index (χ4n) is 1.54. The Morgan fingerprint density at radius 2 is 1.75 bits per heavy atom. The molecular formula is C16H13NO2S. The fourth-order valence-corrected chi connectivity index (χ4v) is 2.21. The van der Waals surface area contributed by atoms with Crippen molar-refractivity contribution in [3.63, 3.8) is 0 Å². The molecule has 20 heavy (non-hydrogen) atoms. The van der Waals surface area contributed by atoms with Crippen LogP contribution in [0, 0.1) is 0 Å². The van der Waals surface area contributed by atoms with Gasteiger partial charge in [0.05, 0.1) is 15.7 Å². The SMILES string of the molecule is O=C(O)C=Cc1ccccc1.c1ccc2scnc2c1. The molecule has 0 aliphatic heterocycles. The first kappa shape index (κ1) is 14.0. The summed E-state index contributed by atoms with van der Waals surface area (Å²) in [6, 6.07) is 17.4. The van der Waals surface area contributed by atoms with Gasteiger partial charge in [-0.2, -0.15) is 0 Å². The van der Waals surface area contributed by atoms with Crippen LogP contribution in [0.5, 0.6) is 0 Å². The quantitative estimate of drug-likeness (QED) is 0.721. The Morgan fingerprint density at radius 1 is 1.05 bits per heavy atom. The van der Waals surface area contributed by atoms with Gasteiger partial charge in [-0.3, -0.25) is 0 Å². The van der Waals surface area contributed by atoms with Gasteiger partial charge in [0.25, 0.3) is 0 Å². The maximum Gasteiger partial charge on any atom is 0.328 e. The molecule has 0 saturated carbocycles. The van der Waals surface area contributed by atoms with Crippen molar-refractivity contribution < 1.29 is 9.90 Å². The summed E-state index contributed by atoms with van der Waals surface area (Å²) in [7, 11) is 0. The number of carboxylic acids is 1. The lowest BCUT2D eigenvalue weighted by Gasteiger charge is -1.87. The van der Waals surface area contributed by atoms with E-state index in [2.05, 4.69) is 11.1 Å². The largest absolute Gasteiger partial charge is 0.478 e. The molecule has 3 rings (SSSR count). The highest BCUT2D eigenvalue weighted by atomic mass is 32.1. The zero-order chi connectivity index (χ0) is 14.2. The standard InChI is InChI=1S/C9H8O2.C7H5NS/c10-9(11)7-6-8-4-2-1-3-5-8;1-2-4-7-6(3-1)8-5-9-7/h1-7H,(H,10,11);1-5H. The van der Waals surface area contributed by atoms with Crippen LogP contribution in [0.2, 0.25) is 0 Å². The summed E-state index contributed by atoms with van der Waals surface area (Å²) in [6.07, 6.45) is 2.68. The van der Waals surface area contributed by atoms with E-state index in [1.165, 1.54) is 4.70 Å². The molecule has 4 heteroatoms. The highest BCUT2D eigenvalue weighted by Gasteiger charge is 1.89. The molecule has 0 spiro atoms. The summed E-state index contributed by atoms with van der Waals surface area (Å²) in [5.74, 6) is -0.922. The lowest BCUT2D eigenvalue weighted by Crippen LogP contribution is -1.85. The van der Waals surface area contributed by atoms with Crippen molar-refractivity contribution in [2.24, 2.45) is 0 Å². The van der Waals surface area contributed by atoms with E-state index in [4.69, 9.17) is 5.11 Å². The van der Waals surface area contributed by atoms with Crippen LogP contribution in [0.3, 0.4) is 0 Å². The van der Waals surface area contributed by atoms with Crippen molar-refractivity contribution in [1.82, 2.24) is 4.98 Å². The molecule has 0 amide bonds. The van der Waals surface area contributed by atoms with Crippen LogP contribution in [0.4, 0.5) is 0 Å². The van der Waals surface area contributed by atoms with E-state index in [1.54, 1.807) is 17.4 Å². The average Bonchev–Trinajstić information content (AvgIpc) is 2.95. The second-order valence-electron chi connectivity index (χ2n) is 3.90. The van der Waals surface area contributed by atoms with Crippen molar-refractivity contribution in [3.05, 3.63) is 71.7 Å². The minimum atomic E-state index is -0.922. The van der Waals surface area contributed by atoms with Crippen LogP contribution in [0.1, 0.15) is 5.56 Å². The van der Waals surface area contributed by atoms with E-state index in [0.29, 0.717) is 0 Å². The molecule has 3 aromatic rings. The molecule has 1 aromatic heterocycles. The van der Waals surface area contributed by atoms with Gasteiger partial charge in [-0.15, -0.1) is 11.3 Å². The van der Waals surface area contributed by atoms with Crippen LogP contribution in [-0.2, 0) is 4.79 Å². The van der Waals surface area contributed by atoms with E-state index in [-0.39, 0.29) is 0 Å². The summed E-state index contributed by atoms with van der Waals surface area (Å²) >= 11 is 1.68. The number of hydrogen-bond donors (Lipinski definition) is 1. The number of aliphatic carboxylic acids is 1. The fraction of sp³-hybridized carbons (Fsp3) is 0. The minimum absolute atomic E-state index is 0.898. The highest BCUT2D eigenvalue weighted by Crippen LogP contribution is 2.15. The van der Waals surface area contributed by atoms with Crippen LogP contribution in [0.25, 0.3) is 16.3 Å². The molecule has 0 saturated heterocycles. The molecule has 0 atom stereocenters. The molecule has 0 radical (unpaired) electrons. The summed E-state index contributed by atoms with van der Waals surface area (Å²) < 4.78 is 1.26. The Hall–Kier alpha value is -2.46. The van der Waals surface area contributed by atoms with E-state index < -0.39 is 5.97 Å². The van der Waals surface area contributed by atoms with Gasteiger partial charge in [0.2, 0.25) is 0 Å². The normalized spacial score (nSPS) is 10.2. The first-order valence-corrected chi connectivity index (χ1v) is 6.88. The molecule has 0 unspecified atom stereocenters. The van der Waals surface area contributed by atoms with Gasteiger partial charge >= 0.3 is 5.97 Å². The van der Waals surface area contributed by atoms with Gasteiger partial charge in [0.15, 0.2) is 0 Å². The Kier molecular flexibility index (Phi) is 5.03. The van der Waals surface area contributed by atoms with E-state index in [9.17, 15) is 4.79 Å². The molecule has 0 bridgehead atoms. The molecule has 3 nitrogen and oxygen atoms in total. The van der Waals surface area contributed by atoms with E-state index in [1.807, 2.05) is 54.0 Å². The van der Waals surface area contributed by atoms with Crippen molar-refractivity contribution in [3.8, 4) is 0 Å². The Balaban J connectivity index is 0.000000149. The van der Waals surface area contributed by atoms with Gasteiger partial charge < -0.3 is 5.11 Å². The number of benzene rings is 2. The minimum Gasteiger partial charge on any atom is -0.478 e. The molecule has 1 heterocycles. The first-order chi connectivity index (χ1) is 9.75. The van der Waals surface area contributed by atoms with Gasteiger partial charge in [-0.25, -0.2) is 9.78 Å². The predicted molar refractivity (Wildman–Crippen MR) is 82.7 cm³/mol. The molecular weight excluding hydrogens is 270 g/mol. The number of thiazole rings is 1. The van der Waals surface area contributed by atoms with E-state index >= 15 is 0 Å². The smallest absolute Gasteiger partial charge is 0.328 e. The molecule has 1 N–H and O–H groups in total. The third-order valence-corrected chi connectivity index (χ3v) is 3.26. The lowest BCUT2D eigenvalue weighted by molar-refractivity contribution is -0.131. The van der Waals surface area contributed by atoms with Gasteiger partial charge in [-0.1, -0.05) is 42.5 Å². The molecule has 100 valence electrons. The Morgan fingerprint density at radius 3 is 2.45 bits per heavy atom. The summed E-state index contributed by atoms with van der Waals surface area (Å²) in [5.41, 5.74) is 3.86. The van der Waals surface area contributed by atoms with Crippen LogP contribution in [-0.4, -0.2) is 16.1 Å². The van der Waals surface area contributed by atoms with Gasteiger partial charge in [0, 0.05) is 6.08 Å². The zero-order valence-corrected chi connectivity index (χ0v) is 11.5. The average molecular weight is 283 g/mol. The number of para-hydroxylation sites is 1. The highest BCUT2D eigenvalue weighted by molar-refractivity contribution is 7.16. The maximum absolute atomic E-state index is 10.1. The van der Waals surface area contributed by atoms with Crippen LogP contribution in [0.15, 0.2) is 66.2 Å². The lowest BCUT2D eigenvalue weighted by atomic mass is 10.2. The monoisotopic (exact) mass is 283 g/mol. The Labute approximate surface area is 120 Å². The second-order valence-corrected chi connectivity index (χ2v) is 4.79. The van der Waals surface area contributed by atoms with Crippen molar-refractivity contribution in [1.29, 1.82) is 0 Å². The number of hydrogen-bond acceptors (Lipinski definition) is 3. The first-order valence-electron chi connectivity index (χ1n) is 6.00. The molecule has 0 fully saturated rings. The Bertz CT molecular complexity index is 674. The topological polar surface area (TPSA) is 50.2 Å². The maximum atomic E-state index is 10.1. The van der Waals surface area contributed by atoms with Gasteiger partial charge in [-0.05, 0) is 23.8 Å². The number of carboxylic acid groups (broad SMARTS) is 1. The third kappa shape index (κ3) is 4.33. The van der Waals surface area contributed by atoms with Crippen LogP contribution >= 0.6 is 11.3 Å². The van der Waals surface area contributed by atoms with Crippen molar-refractivity contribution in [2.75, 3.05) is 0 Å². The van der Waals surface area contributed by atoms with Gasteiger partial charge in [0.1, 0.15) is 0 Å². The number of rotatable bonds is 2. The zero-order valence-electron chi connectivity index (χ0n) is 10.6. The number of aromatic nitrogens is 1. The molecule has 2 aromatic carbocycles. The second kappa shape index (κ2) is 7.21. The van der Waals surface area contributed by atoms with E-state index in [0.717, 1.165) is 17.2 Å². The third-order valence-electron chi connectivity index (χ3n) is 2.45. The number of nitrogens with zero attached hydrogens (tertiary/aromatic N) is 1. The van der Waals surface area contributed by atoms with Crippen LogP contribution < -0.4 is 0 Å². The summed E-state index contributed by atoms with van der Waals surface area (Å²) in [4.78, 5) is 14.2. The number of carbonyl (C=O) groups is 1. The number of fused-ring (bicyclic) bond motifs is 1. The molecule has 0 aliphatic carbocycles. The summed E-state index contributed by atoms with van der Waals surface area (Å²) in [5, 5.41) is 8.29. The predicted octanol–water partition coefficient (Wildman–Crippen LogP) is 4.08.